The maximum atomic E-state index is 13.6. The molecule has 4 atom stereocenters. The molecule has 0 aliphatic heterocycles. The average Bonchev–Trinajstić information content (AvgIpc) is 3.30. The van der Waals surface area contributed by atoms with Gasteiger partial charge in [-0.1, -0.05) is 54.1 Å². The van der Waals surface area contributed by atoms with Crippen molar-refractivity contribution in [3.05, 3.63) is 16.1 Å². The van der Waals surface area contributed by atoms with Gasteiger partial charge in [0.25, 0.3) is 5.91 Å². The number of ether oxygens (including phenoxy) is 2. The molecule has 1 aromatic heterocycles. The monoisotopic (exact) mass is 511 g/mol. The molecule has 12 heteroatoms. The van der Waals surface area contributed by atoms with Crippen molar-refractivity contribution < 1.29 is 29.0 Å². The molecular formula is C23H37N5O6S. The van der Waals surface area contributed by atoms with E-state index in [-0.39, 0.29) is 48.0 Å². The molecule has 0 fully saturated rings. The van der Waals surface area contributed by atoms with E-state index in [4.69, 9.17) is 10.3 Å². The number of nitrogens with one attached hydrogen (secondary N) is 1. The van der Waals surface area contributed by atoms with Crippen LogP contribution < -0.4 is 10.0 Å². The number of thiazole rings is 1. The Morgan fingerprint density at radius 3 is 2.43 bits per heavy atom. The van der Waals surface area contributed by atoms with Crippen molar-refractivity contribution in [1.82, 2.24) is 14.8 Å². The highest BCUT2D eigenvalue weighted by atomic mass is 32.1. The lowest BCUT2D eigenvalue weighted by Crippen LogP contribution is -2.51. The highest BCUT2D eigenvalue weighted by molar-refractivity contribution is 7.09. The summed E-state index contributed by atoms with van der Waals surface area (Å²) >= 11 is 1.05. The second-order valence-electron chi connectivity index (χ2n) is 9.20. The minimum absolute atomic E-state index is 0.0233. The van der Waals surface area contributed by atoms with Crippen molar-refractivity contribution in [2.45, 2.75) is 79.0 Å². The zero-order valence-electron chi connectivity index (χ0n) is 21.5. The summed E-state index contributed by atoms with van der Waals surface area (Å²) in [5, 5.41) is 18.6. The van der Waals surface area contributed by atoms with Crippen molar-refractivity contribution in [3.63, 3.8) is 0 Å². The summed E-state index contributed by atoms with van der Waals surface area (Å²) in [5.74, 6) is -1.87. The molecule has 1 aromatic rings. The smallest absolute Gasteiger partial charge is 0.357 e. The Labute approximate surface area is 210 Å². The van der Waals surface area contributed by atoms with E-state index < -0.39 is 36.0 Å². The largest absolute Gasteiger partial charge is 0.847 e. The van der Waals surface area contributed by atoms with Gasteiger partial charge in [0.15, 0.2) is 12.4 Å². The molecule has 1 heterocycles. The van der Waals surface area contributed by atoms with Crippen molar-refractivity contribution >= 4 is 29.2 Å². The summed E-state index contributed by atoms with van der Waals surface area (Å²) < 4.78 is 10.1. The molecule has 0 bridgehead atoms. The molecule has 196 valence electrons. The fourth-order valence-corrected chi connectivity index (χ4v) is 4.21. The zero-order chi connectivity index (χ0) is 26.7. The zero-order valence-corrected chi connectivity index (χ0v) is 22.3. The van der Waals surface area contributed by atoms with Crippen LogP contribution in [0.3, 0.4) is 0 Å². The van der Waals surface area contributed by atoms with E-state index in [1.54, 1.807) is 0 Å². The molecule has 35 heavy (non-hydrogen) atoms. The van der Waals surface area contributed by atoms with Gasteiger partial charge < -0.3 is 19.5 Å². The molecule has 1 N–H and O–H groups in total. The first-order chi connectivity index (χ1) is 16.5. The summed E-state index contributed by atoms with van der Waals surface area (Å²) in [6.45, 7) is 10.9. The molecule has 1 amide bonds. The van der Waals surface area contributed by atoms with Gasteiger partial charge in [-0.2, -0.15) is 0 Å². The number of amides is 1. The van der Waals surface area contributed by atoms with Gasteiger partial charge in [-0.05, 0) is 24.2 Å². The molecule has 0 spiro atoms. The van der Waals surface area contributed by atoms with Crippen LogP contribution in [0.15, 0.2) is 10.5 Å². The van der Waals surface area contributed by atoms with E-state index in [2.05, 4.69) is 19.7 Å². The summed E-state index contributed by atoms with van der Waals surface area (Å²) in [6.07, 6.45) is -0.547. The minimum atomic E-state index is -1.33. The Kier molecular flexibility index (Phi) is 12.7. The second kappa shape index (κ2) is 14.7. The van der Waals surface area contributed by atoms with E-state index in [9.17, 15) is 19.5 Å². The van der Waals surface area contributed by atoms with E-state index in [0.29, 0.717) is 6.42 Å². The van der Waals surface area contributed by atoms with Crippen LogP contribution in [0.2, 0.25) is 0 Å². The van der Waals surface area contributed by atoms with E-state index in [0.717, 1.165) is 11.3 Å². The molecule has 1 rings (SSSR count). The van der Waals surface area contributed by atoms with Gasteiger partial charge >= 0.3 is 11.9 Å². The van der Waals surface area contributed by atoms with Crippen LogP contribution >= 0.6 is 11.3 Å². The van der Waals surface area contributed by atoms with Crippen LogP contribution in [0.1, 0.15) is 82.4 Å². The predicted octanol–water partition coefficient (Wildman–Crippen LogP) is 3.09. The Bertz CT molecular complexity index is 899. The topological polar surface area (TPSA) is 159 Å². The first kappa shape index (κ1) is 30.3. The number of carbonyl (C=O) groups excluding carboxylic acids is 3. The number of carbonyl (C=O) groups is 3. The third-order valence-corrected chi connectivity index (χ3v) is 6.59. The number of hydrogen-bond acceptors (Lipinski definition) is 10. The summed E-state index contributed by atoms with van der Waals surface area (Å²) in [5.41, 5.74) is 7.21. The van der Waals surface area contributed by atoms with Gasteiger partial charge in [-0.15, -0.1) is 11.3 Å². The quantitative estimate of drug-likeness (QED) is 0.174. The molecule has 0 saturated carbocycles. The molecule has 0 unspecified atom stereocenters. The van der Waals surface area contributed by atoms with E-state index in [1.807, 2.05) is 41.5 Å². The van der Waals surface area contributed by atoms with Crippen molar-refractivity contribution in [1.29, 1.82) is 5.53 Å². The highest BCUT2D eigenvalue weighted by Gasteiger charge is 2.37. The van der Waals surface area contributed by atoms with Crippen LogP contribution in [0.5, 0.6) is 0 Å². The number of hydrogen-bond donors (Lipinski definition) is 1. The maximum Gasteiger partial charge on any atom is 0.357 e. The highest BCUT2D eigenvalue weighted by Crippen LogP contribution is 2.27. The Hall–Kier alpha value is -2.69. The van der Waals surface area contributed by atoms with Crippen molar-refractivity contribution in [2.24, 2.45) is 22.9 Å². The third kappa shape index (κ3) is 9.12. The molecule has 0 radical (unpaired) electrons. The van der Waals surface area contributed by atoms with Crippen LogP contribution in [-0.2, 0) is 19.1 Å². The summed E-state index contributed by atoms with van der Waals surface area (Å²) in [6, 6.07) is -1.56. The number of esters is 2. The molecular weight excluding hydrogens is 474 g/mol. The van der Waals surface area contributed by atoms with Gasteiger partial charge in [0.05, 0.1) is 12.1 Å². The third-order valence-electron chi connectivity index (χ3n) is 5.66. The molecule has 0 saturated heterocycles. The van der Waals surface area contributed by atoms with Gasteiger partial charge in [-0.3, -0.25) is 9.59 Å². The van der Waals surface area contributed by atoms with Gasteiger partial charge in [0, 0.05) is 17.8 Å². The lowest BCUT2D eigenvalue weighted by Gasteiger charge is -2.38. The molecule has 0 aliphatic rings. The summed E-state index contributed by atoms with van der Waals surface area (Å²) in [7, 11) is 1.23. The first-order valence-electron chi connectivity index (χ1n) is 11.7. The van der Waals surface area contributed by atoms with Crippen LogP contribution in [0.4, 0.5) is 0 Å². The molecule has 0 aliphatic carbocycles. The molecule has 11 nitrogen and oxygen atoms in total. The Morgan fingerprint density at radius 2 is 1.91 bits per heavy atom. The summed E-state index contributed by atoms with van der Waals surface area (Å²) in [4.78, 5) is 46.1. The van der Waals surface area contributed by atoms with E-state index in [1.165, 1.54) is 17.4 Å². The minimum Gasteiger partial charge on any atom is -0.847 e. The van der Waals surface area contributed by atoms with Crippen LogP contribution in [0.25, 0.3) is 0 Å². The maximum absolute atomic E-state index is 13.6. The van der Waals surface area contributed by atoms with Crippen molar-refractivity contribution in [3.8, 4) is 0 Å². The van der Waals surface area contributed by atoms with Gasteiger partial charge in [0.1, 0.15) is 10.6 Å². The second-order valence-corrected chi connectivity index (χ2v) is 10.1. The lowest BCUT2D eigenvalue weighted by atomic mass is 9.93. The lowest BCUT2D eigenvalue weighted by molar-refractivity contribution is -0.430. The molecule has 0 aromatic carbocycles. The van der Waals surface area contributed by atoms with Crippen molar-refractivity contribution in [2.75, 3.05) is 13.8 Å². The number of rotatable bonds is 14. The van der Waals surface area contributed by atoms with Crippen LogP contribution in [-0.4, -0.2) is 53.7 Å². The number of methoxy groups -OCH3 is 1. The predicted molar refractivity (Wildman–Crippen MR) is 127 cm³/mol. The number of aromatic nitrogens is 1. The SMILES string of the molecule is CC[C@H](C)[C@H](N=[N+]=N)C(=O)N(COC(=O)CC(C)C)[C@H](C[C@@H]([O-])c1nc(C(=O)OC)cs1)C(C)C. The van der Waals surface area contributed by atoms with E-state index >= 15 is 0 Å². The number of nitrogens with zero attached hydrogens (tertiary/aromatic N) is 4. The van der Waals surface area contributed by atoms with Gasteiger partial charge in [-0.25, -0.2) is 9.78 Å². The Morgan fingerprint density at radius 1 is 1.26 bits per heavy atom. The first-order valence-corrected chi connectivity index (χ1v) is 12.6. The van der Waals surface area contributed by atoms with Crippen LogP contribution in [0, 0.1) is 23.3 Å². The Balaban J connectivity index is 3.28. The fourth-order valence-electron chi connectivity index (χ4n) is 3.43. The standard InChI is InChI=1S/C23H37N5O6S/c1-8-15(6)20(26-27-24)22(31)28(12-34-19(30)9-13(2)3)17(14(4)5)10-18(29)21-25-16(11-35-21)23(32)33-7/h11,13-15,17-18,20,24H,8-10,12H2,1-7H3/t15-,17+,18+,20-/m0/s1. The van der Waals surface area contributed by atoms with Gasteiger partial charge in [0.2, 0.25) is 11.0 Å². The normalized spacial score (nSPS) is 14.6. The average molecular weight is 512 g/mol. The fraction of sp³-hybridized carbons (Fsp3) is 0.739.